The summed E-state index contributed by atoms with van der Waals surface area (Å²) >= 11 is 0. The summed E-state index contributed by atoms with van der Waals surface area (Å²) in [5.41, 5.74) is 0.438. The maximum absolute atomic E-state index is 3.87. The Balaban J connectivity index is 2.44. The van der Waals surface area contributed by atoms with Crippen molar-refractivity contribution in [3.63, 3.8) is 0 Å². The summed E-state index contributed by atoms with van der Waals surface area (Å²) in [6.45, 7) is 7.01. The Morgan fingerprint density at radius 2 is 1.50 bits per heavy atom. The fourth-order valence-corrected chi connectivity index (χ4v) is 2.64. The van der Waals surface area contributed by atoms with Crippen LogP contribution in [0.1, 0.15) is 72.1 Å². The van der Waals surface area contributed by atoms with Gasteiger partial charge in [0.15, 0.2) is 0 Å². The highest BCUT2D eigenvalue weighted by atomic mass is 15.0. The first-order valence-electron chi connectivity index (χ1n) is 6.48. The molecule has 1 N–H and O–H groups in total. The molecule has 0 aliphatic heterocycles. The van der Waals surface area contributed by atoms with Crippen molar-refractivity contribution in [1.29, 1.82) is 0 Å². The van der Waals surface area contributed by atoms with Gasteiger partial charge in [-0.25, -0.2) is 0 Å². The third kappa shape index (κ3) is 3.61. The van der Waals surface area contributed by atoms with Crippen LogP contribution >= 0.6 is 0 Å². The lowest BCUT2D eigenvalue weighted by Gasteiger charge is -2.34. The van der Waals surface area contributed by atoms with Crippen LogP contribution in [-0.4, -0.2) is 11.6 Å². The number of rotatable bonds is 4. The maximum atomic E-state index is 3.87. The highest BCUT2D eigenvalue weighted by molar-refractivity contribution is 4.87. The second-order valence-electron chi connectivity index (χ2n) is 5.13. The van der Waals surface area contributed by atoms with Gasteiger partial charge >= 0.3 is 0 Å². The summed E-state index contributed by atoms with van der Waals surface area (Å²) in [5, 5.41) is 3.87. The van der Waals surface area contributed by atoms with E-state index >= 15 is 0 Å². The lowest BCUT2D eigenvalue weighted by atomic mass is 9.91. The van der Waals surface area contributed by atoms with Crippen LogP contribution in [-0.2, 0) is 0 Å². The molecule has 0 amide bonds. The molecule has 1 nitrogen and oxygen atoms in total. The standard InChI is InChI=1S/C13H27N/c1-4-12(5-2)14-13(3)10-8-6-7-9-11-13/h12,14H,4-11H2,1-3H3. The summed E-state index contributed by atoms with van der Waals surface area (Å²) < 4.78 is 0. The highest BCUT2D eigenvalue weighted by Crippen LogP contribution is 2.27. The van der Waals surface area contributed by atoms with Gasteiger partial charge in [0.05, 0.1) is 0 Å². The second-order valence-corrected chi connectivity index (χ2v) is 5.13. The lowest BCUT2D eigenvalue weighted by Crippen LogP contribution is -2.47. The molecule has 1 saturated carbocycles. The normalized spacial score (nSPS) is 22.3. The van der Waals surface area contributed by atoms with Crippen LogP contribution in [0.15, 0.2) is 0 Å². The molecule has 14 heavy (non-hydrogen) atoms. The van der Waals surface area contributed by atoms with Crippen LogP contribution < -0.4 is 5.32 Å². The molecule has 1 aliphatic carbocycles. The molecule has 0 aromatic carbocycles. The van der Waals surface area contributed by atoms with Crippen LogP contribution in [0.25, 0.3) is 0 Å². The van der Waals surface area contributed by atoms with Gasteiger partial charge in [0.2, 0.25) is 0 Å². The van der Waals surface area contributed by atoms with Gasteiger partial charge in [0.25, 0.3) is 0 Å². The van der Waals surface area contributed by atoms with E-state index in [9.17, 15) is 0 Å². The van der Waals surface area contributed by atoms with Crippen molar-refractivity contribution < 1.29 is 0 Å². The highest BCUT2D eigenvalue weighted by Gasteiger charge is 2.26. The van der Waals surface area contributed by atoms with Crippen molar-refractivity contribution in [1.82, 2.24) is 5.32 Å². The third-order valence-corrected chi connectivity index (χ3v) is 3.75. The Morgan fingerprint density at radius 1 is 1.00 bits per heavy atom. The van der Waals surface area contributed by atoms with Crippen LogP contribution in [0.5, 0.6) is 0 Å². The van der Waals surface area contributed by atoms with Crippen molar-refractivity contribution in [3.8, 4) is 0 Å². The van der Waals surface area contributed by atoms with Crippen LogP contribution in [0.3, 0.4) is 0 Å². The van der Waals surface area contributed by atoms with E-state index in [2.05, 4.69) is 26.1 Å². The van der Waals surface area contributed by atoms with E-state index < -0.39 is 0 Å². The van der Waals surface area contributed by atoms with Crippen molar-refractivity contribution in [2.75, 3.05) is 0 Å². The first kappa shape index (κ1) is 12.0. The quantitative estimate of drug-likeness (QED) is 0.674. The minimum Gasteiger partial charge on any atom is -0.309 e. The first-order valence-corrected chi connectivity index (χ1v) is 6.48. The molecule has 84 valence electrons. The number of nitrogens with one attached hydrogen (secondary N) is 1. The Hall–Kier alpha value is -0.0400. The molecule has 0 bridgehead atoms. The minimum atomic E-state index is 0.438. The Kier molecular flexibility index (Phi) is 4.94. The largest absolute Gasteiger partial charge is 0.309 e. The van der Waals surface area contributed by atoms with Gasteiger partial charge in [0, 0.05) is 11.6 Å². The average molecular weight is 197 g/mol. The minimum absolute atomic E-state index is 0.438. The fraction of sp³-hybridized carbons (Fsp3) is 1.00. The van der Waals surface area contributed by atoms with E-state index in [-0.39, 0.29) is 0 Å². The SMILES string of the molecule is CCC(CC)NC1(C)CCCCCC1. The molecular weight excluding hydrogens is 170 g/mol. The molecular formula is C13H27N. The third-order valence-electron chi connectivity index (χ3n) is 3.75. The Labute approximate surface area is 89.7 Å². The zero-order valence-corrected chi connectivity index (χ0v) is 10.2. The monoisotopic (exact) mass is 197 g/mol. The van der Waals surface area contributed by atoms with Gasteiger partial charge in [-0.3, -0.25) is 0 Å². The van der Waals surface area contributed by atoms with Gasteiger partial charge in [-0.05, 0) is 32.6 Å². The van der Waals surface area contributed by atoms with Crippen LogP contribution in [0.4, 0.5) is 0 Å². The Morgan fingerprint density at radius 3 is 1.93 bits per heavy atom. The lowest BCUT2D eigenvalue weighted by molar-refractivity contribution is 0.266. The first-order chi connectivity index (χ1) is 6.70. The molecule has 1 fully saturated rings. The molecule has 0 radical (unpaired) electrons. The molecule has 0 aromatic rings. The summed E-state index contributed by atoms with van der Waals surface area (Å²) in [6.07, 6.45) is 11.0. The zero-order valence-electron chi connectivity index (χ0n) is 10.2. The zero-order chi connectivity index (χ0) is 10.4. The molecule has 0 saturated heterocycles. The summed E-state index contributed by atoms with van der Waals surface area (Å²) in [4.78, 5) is 0. The second kappa shape index (κ2) is 5.75. The van der Waals surface area contributed by atoms with E-state index in [1.807, 2.05) is 0 Å². The van der Waals surface area contributed by atoms with E-state index in [0.717, 1.165) is 6.04 Å². The Bertz CT molecular complexity index is 141. The van der Waals surface area contributed by atoms with Gasteiger partial charge in [-0.15, -0.1) is 0 Å². The maximum Gasteiger partial charge on any atom is 0.0155 e. The van der Waals surface area contributed by atoms with E-state index in [0.29, 0.717) is 5.54 Å². The molecule has 0 heterocycles. The molecule has 0 unspecified atom stereocenters. The van der Waals surface area contributed by atoms with Crippen molar-refractivity contribution in [2.24, 2.45) is 0 Å². The predicted molar refractivity (Wildman–Crippen MR) is 63.6 cm³/mol. The summed E-state index contributed by atoms with van der Waals surface area (Å²) in [6, 6.07) is 0.734. The van der Waals surface area contributed by atoms with E-state index in [1.165, 1.54) is 51.4 Å². The van der Waals surface area contributed by atoms with E-state index in [1.54, 1.807) is 0 Å². The van der Waals surface area contributed by atoms with Gasteiger partial charge < -0.3 is 5.32 Å². The van der Waals surface area contributed by atoms with Gasteiger partial charge in [0.1, 0.15) is 0 Å². The molecule has 0 spiro atoms. The number of hydrogen-bond donors (Lipinski definition) is 1. The topological polar surface area (TPSA) is 12.0 Å². The number of hydrogen-bond acceptors (Lipinski definition) is 1. The van der Waals surface area contributed by atoms with Gasteiger partial charge in [-0.2, -0.15) is 0 Å². The summed E-state index contributed by atoms with van der Waals surface area (Å²) in [5.74, 6) is 0. The fourth-order valence-electron chi connectivity index (χ4n) is 2.64. The van der Waals surface area contributed by atoms with Crippen LogP contribution in [0.2, 0.25) is 0 Å². The molecule has 0 aromatic heterocycles. The molecule has 1 rings (SSSR count). The average Bonchev–Trinajstić information content (AvgIpc) is 2.40. The summed E-state index contributed by atoms with van der Waals surface area (Å²) in [7, 11) is 0. The van der Waals surface area contributed by atoms with Gasteiger partial charge in [-0.1, -0.05) is 39.5 Å². The molecule has 0 atom stereocenters. The smallest absolute Gasteiger partial charge is 0.0155 e. The van der Waals surface area contributed by atoms with Crippen molar-refractivity contribution >= 4 is 0 Å². The molecule has 1 aliphatic rings. The van der Waals surface area contributed by atoms with E-state index in [4.69, 9.17) is 0 Å². The van der Waals surface area contributed by atoms with Crippen LogP contribution in [0, 0.1) is 0 Å². The molecule has 1 heteroatoms. The van der Waals surface area contributed by atoms with Crippen molar-refractivity contribution in [2.45, 2.75) is 83.7 Å². The van der Waals surface area contributed by atoms with Crippen molar-refractivity contribution in [3.05, 3.63) is 0 Å². The predicted octanol–water partition coefficient (Wildman–Crippen LogP) is 3.88.